The van der Waals surface area contributed by atoms with Crippen LogP contribution in [0.3, 0.4) is 0 Å². The number of nitrogens with one attached hydrogen (secondary N) is 2. The molecule has 8 nitrogen and oxygen atoms in total. The van der Waals surface area contributed by atoms with Crippen molar-refractivity contribution in [3.63, 3.8) is 0 Å². The Morgan fingerprint density at radius 1 is 1.08 bits per heavy atom. The molecule has 0 spiro atoms. The monoisotopic (exact) mass is 344 g/mol. The minimum absolute atomic E-state index is 0.0493. The zero-order valence-corrected chi connectivity index (χ0v) is 14.6. The van der Waals surface area contributed by atoms with Crippen LogP contribution in [0.1, 0.15) is 13.8 Å². The van der Waals surface area contributed by atoms with Gasteiger partial charge in [0.15, 0.2) is 0 Å². The molecule has 2 aromatic rings. The van der Waals surface area contributed by atoms with Gasteiger partial charge in [0.05, 0.1) is 13.2 Å². The van der Waals surface area contributed by atoms with Crippen LogP contribution in [-0.4, -0.2) is 54.1 Å². The number of nitrogens with zero attached hydrogens (tertiary/aromatic N) is 4. The number of benzene rings is 1. The van der Waals surface area contributed by atoms with Gasteiger partial charge in [-0.05, 0) is 26.0 Å². The van der Waals surface area contributed by atoms with Crippen molar-refractivity contribution in [3.8, 4) is 0 Å². The lowest BCUT2D eigenvalue weighted by atomic mass is 10.3. The van der Waals surface area contributed by atoms with Gasteiger partial charge in [-0.2, -0.15) is 15.0 Å². The van der Waals surface area contributed by atoms with E-state index in [9.17, 15) is 0 Å². The molecule has 0 radical (unpaired) electrons. The van der Waals surface area contributed by atoms with Crippen LogP contribution in [0.25, 0.3) is 0 Å². The molecular weight excluding hydrogens is 320 g/mol. The first-order chi connectivity index (χ1) is 12.3. The summed E-state index contributed by atoms with van der Waals surface area (Å²) in [7, 11) is 0. The fourth-order valence-electron chi connectivity index (χ4n) is 2.32. The molecule has 2 N–H and O–H groups in total. The zero-order valence-electron chi connectivity index (χ0n) is 14.6. The summed E-state index contributed by atoms with van der Waals surface area (Å²) < 4.78 is 10.9. The lowest BCUT2D eigenvalue weighted by Gasteiger charge is -2.11. The standard InChI is InChI=1S/C17H24N6O2/c1-3-24-11-10-18-15-20-16(19-13-8-6-5-7-9-13)22-17(21-15)23-12-14(23)25-4-2/h5-9,14H,3-4,10-12H2,1-2H3,(H2,18,19,20,21,22). The second kappa shape index (κ2) is 8.59. The van der Waals surface area contributed by atoms with E-state index >= 15 is 0 Å². The summed E-state index contributed by atoms with van der Waals surface area (Å²) >= 11 is 0. The van der Waals surface area contributed by atoms with Gasteiger partial charge in [0, 0.05) is 25.4 Å². The molecule has 25 heavy (non-hydrogen) atoms. The number of hydrogen-bond donors (Lipinski definition) is 2. The van der Waals surface area contributed by atoms with Crippen molar-refractivity contribution >= 4 is 23.5 Å². The molecule has 1 aliphatic heterocycles. The maximum atomic E-state index is 5.60. The van der Waals surface area contributed by atoms with Crippen LogP contribution in [-0.2, 0) is 9.47 Å². The van der Waals surface area contributed by atoms with E-state index in [0.717, 1.165) is 12.2 Å². The van der Waals surface area contributed by atoms with E-state index in [1.807, 2.05) is 49.1 Å². The van der Waals surface area contributed by atoms with Gasteiger partial charge in [0.25, 0.3) is 0 Å². The average Bonchev–Trinajstić information content (AvgIpc) is 3.39. The second-order valence-electron chi connectivity index (χ2n) is 5.46. The summed E-state index contributed by atoms with van der Waals surface area (Å²) in [6, 6.07) is 9.81. The van der Waals surface area contributed by atoms with Crippen LogP contribution in [0, 0.1) is 0 Å². The SMILES string of the molecule is CCOCCNc1nc(Nc2ccccc2)nc(N2CC2OCC)n1. The Kier molecular flexibility index (Phi) is 5.97. The van der Waals surface area contributed by atoms with Crippen molar-refractivity contribution < 1.29 is 9.47 Å². The summed E-state index contributed by atoms with van der Waals surface area (Å²) in [5.74, 6) is 1.62. The molecule has 3 rings (SSSR count). The van der Waals surface area contributed by atoms with E-state index in [1.54, 1.807) is 0 Å². The van der Waals surface area contributed by atoms with E-state index in [0.29, 0.717) is 44.2 Å². The van der Waals surface area contributed by atoms with Gasteiger partial charge in [0.2, 0.25) is 17.8 Å². The fraction of sp³-hybridized carbons (Fsp3) is 0.471. The van der Waals surface area contributed by atoms with E-state index in [1.165, 1.54) is 0 Å². The van der Waals surface area contributed by atoms with E-state index in [4.69, 9.17) is 9.47 Å². The highest BCUT2D eigenvalue weighted by Gasteiger charge is 2.37. The number of rotatable bonds is 10. The van der Waals surface area contributed by atoms with Gasteiger partial charge in [-0.25, -0.2) is 0 Å². The highest BCUT2D eigenvalue weighted by molar-refractivity contribution is 5.56. The lowest BCUT2D eigenvalue weighted by Crippen LogP contribution is -2.15. The third kappa shape index (κ3) is 5.01. The van der Waals surface area contributed by atoms with Crippen molar-refractivity contribution in [2.75, 3.05) is 48.4 Å². The minimum Gasteiger partial charge on any atom is -0.380 e. The minimum atomic E-state index is 0.0493. The number of aromatic nitrogens is 3. The van der Waals surface area contributed by atoms with Crippen LogP contribution in [0.4, 0.5) is 23.5 Å². The largest absolute Gasteiger partial charge is 0.380 e. The van der Waals surface area contributed by atoms with Crippen LogP contribution in [0.15, 0.2) is 30.3 Å². The third-order valence-electron chi connectivity index (χ3n) is 3.57. The van der Waals surface area contributed by atoms with Gasteiger partial charge in [-0.1, -0.05) is 18.2 Å². The van der Waals surface area contributed by atoms with Crippen LogP contribution < -0.4 is 15.5 Å². The molecular formula is C17H24N6O2. The van der Waals surface area contributed by atoms with Crippen molar-refractivity contribution in [3.05, 3.63) is 30.3 Å². The Morgan fingerprint density at radius 2 is 1.88 bits per heavy atom. The Bertz CT molecular complexity index is 669. The maximum absolute atomic E-state index is 5.60. The highest BCUT2D eigenvalue weighted by atomic mass is 16.5. The third-order valence-corrected chi connectivity index (χ3v) is 3.57. The molecule has 134 valence electrons. The molecule has 1 saturated heterocycles. The van der Waals surface area contributed by atoms with Crippen LogP contribution in [0.5, 0.6) is 0 Å². The van der Waals surface area contributed by atoms with E-state index in [2.05, 4.69) is 25.6 Å². The lowest BCUT2D eigenvalue weighted by molar-refractivity contribution is 0.136. The number of para-hydroxylation sites is 1. The Hall–Kier alpha value is -2.45. The summed E-state index contributed by atoms with van der Waals surface area (Å²) in [5, 5.41) is 6.40. The first kappa shape index (κ1) is 17.4. The molecule has 0 bridgehead atoms. The maximum Gasteiger partial charge on any atom is 0.234 e. The van der Waals surface area contributed by atoms with Gasteiger partial charge in [-0.15, -0.1) is 0 Å². The Labute approximate surface area is 147 Å². The van der Waals surface area contributed by atoms with Crippen molar-refractivity contribution in [1.29, 1.82) is 0 Å². The molecule has 1 atom stereocenters. The second-order valence-corrected chi connectivity index (χ2v) is 5.46. The number of ether oxygens (including phenoxy) is 2. The zero-order chi connectivity index (χ0) is 17.5. The molecule has 1 aromatic carbocycles. The van der Waals surface area contributed by atoms with Gasteiger partial charge >= 0.3 is 0 Å². The quantitative estimate of drug-likeness (QED) is 0.501. The van der Waals surface area contributed by atoms with Gasteiger partial charge < -0.3 is 25.0 Å². The fourth-order valence-corrected chi connectivity index (χ4v) is 2.32. The molecule has 0 saturated carbocycles. The van der Waals surface area contributed by atoms with Crippen molar-refractivity contribution in [2.24, 2.45) is 0 Å². The van der Waals surface area contributed by atoms with Crippen LogP contribution in [0.2, 0.25) is 0 Å². The predicted octanol–water partition coefficient (Wildman–Crippen LogP) is 2.25. The van der Waals surface area contributed by atoms with E-state index in [-0.39, 0.29) is 6.23 Å². The topological polar surface area (TPSA) is 84.2 Å². The van der Waals surface area contributed by atoms with Gasteiger partial charge in [-0.3, -0.25) is 0 Å². The smallest absolute Gasteiger partial charge is 0.234 e. The molecule has 1 aromatic heterocycles. The summed E-state index contributed by atoms with van der Waals surface area (Å²) in [4.78, 5) is 15.4. The molecule has 8 heteroatoms. The highest BCUT2D eigenvalue weighted by Crippen LogP contribution is 2.27. The number of anilines is 4. The van der Waals surface area contributed by atoms with Crippen molar-refractivity contribution in [1.82, 2.24) is 15.0 Å². The molecule has 1 aliphatic rings. The Balaban J connectivity index is 1.73. The summed E-state index contributed by atoms with van der Waals surface area (Å²) in [6.07, 6.45) is 0.0493. The molecule has 1 fully saturated rings. The average molecular weight is 344 g/mol. The summed E-state index contributed by atoms with van der Waals surface area (Å²) in [5.41, 5.74) is 0.923. The first-order valence-corrected chi connectivity index (χ1v) is 8.58. The molecule has 2 heterocycles. The molecule has 0 aliphatic carbocycles. The molecule has 0 amide bonds. The molecule has 1 unspecified atom stereocenters. The number of hydrogen-bond acceptors (Lipinski definition) is 8. The first-order valence-electron chi connectivity index (χ1n) is 8.58. The summed E-state index contributed by atoms with van der Waals surface area (Å²) in [6.45, 7) is 7.34. The normalized spacial score (nSPS) is 15.9. The van der Waals surface area contributed by atoms with Gasteiger partial charge in [0.1, 0.15) is 6.23 Å². The predicted molar refractivity (Wildman–Crippen MR) is 97.3 cm³/mol. The Morgan fingerprint density at radius 3 is 2.64 bits per heavy atom. The van der Waals surface area contributed by atoms with E-state index < -0.39 is 0 Å². The van der Waals surface area contributed by atoms with Crippen molar-refractivity contribution in [2.45, 2.75) is 20.1 Å². The van der Waals surface area contributed by atoms with Crippen LogP contribution >= 0.6 is 0 Å².